The van der Waals surface area contributed by atoms with Gasteiger partial charge in [-0.15, -0.1) is 11.3 Å². The third-order valence-corrected chi connectivity index (χ3v) is 6.18. The van der Waals surface area contributed by atoms with Crippen molar-refractivity contribution in [3.8, 4) is 21.8 Å². The maximum absolute atomic E-state index is 11.2. The Bertz CT molecular complexity index is 1250. The molecule has 1 aliphatic rings. The van der Waals surface area contributed by atoms with E-state index >= 15 is 0 Å². The number of thiophene rings is 1. The summed E-state index contributed by atoms with van der Waals surface area (Å²) in [6, 6.07) is 8.83. The number of rotatable bonds is 4. The number of aromatic nitrogens is 4. The highest BCUT2D eigenvalue weighted by Gasteiger charge is 2.21. The number of nitrogen functional groups attached to an aromatic ring is 1. The SMILES string of the molecule is Nc1ncc(-c2nc(N3CCOCC3)c3sc(-c4ccc(C(=O)O)cc4)cc3n2)cn1. The number of nitrogens with two attached hydrogens (primary N) is 1. The van der Waals surface area contributed by atoms with Crippen molar-refractivity contribution < 1.29 is 14.6 Å². The van der Waals surface area contributed by atoms with Crippen LogP contribution in [0.3, 0.4) is 0 Å². The lowest BCUT2D eigenvalue weighted by atomic mass is 10.1. The van der Waals surface area contributed by atoms with E-state index in [9.17, 15) is 4.79 Å². The molecule has 156 valence electrons. The third kappa shape index (κ3) is 3.78. The summed E-state index contributed by atoms with van der Waals surface area (Å²) in [6.07, 6.45) is 3.23. The Labute approximate surface area is 181 Å². The van der Waals surface area contributed by atoms with Gasteiger partial charge in [0.2, 0.25) is 5.95 Å². The molecule has 3 aromatic heterocycles. The molecule has 0 bridgehead atoms. The van der Waals surface area contributed by atoms with E-state index in [1.165, 1.54) is 0 Å². The van der Waals surface area contributed by atoms with Gasteiger partial charge in [0, 0.05) is 30.4 Å². The summed E-state index contributed by atoms with van der Waals surface area (Å²) in [5.41, 5.74) is 8.30. The Morgan fingerprint density at radius 1 is 1.06 bits per heavy atom. The molecule has 1 aliphatic heterocycles. The van der Waals surface area contributed by atoms with Crippen molar-refractivity contribution >= 4 is 39.3 Å². The zero-order valence-electron chi connectivity index (χ0n) is 16.4. The molecule has 1 saturated heterocycles. The van der Waals surface area contributed by atoms with E-state index in [4.69, 9.17) is 25.5 Å². The van der Waals surface area contributed by atoms with Crippen LogP contribution in [0.1, 0.15) is 10.4 Å². The number of carboxylic acid groups (broad SMARTS) is 1. The van der Waals surface area contributed by atoms with E-state index < -0.39 is 5.97 Å². The normalized spacial score (nSPS) is 14.1. The predicted octanol–water partition coefficient (Wildman–Crippen LogP) is 2.93. The molecule has 4 aromatic rings. The van der Waals surface area contributed by atoms with Crippen molar-refractivity contribution in [2.45, 2.75) is 0 Å². The standard InChI is InChI=1S/C21H18N6O3S/c22-21-23-10-14(11-24-21)18-25-15-9-16(12-1-3-13(4-2-12)20(28)29)31-17(15)19(26-18)27-5-7-30-8-6-27/h1-4,9-11H,5-8H2,(H,28,29)(H2,22,23,24). The molecule has 0 unspecified atom stereocenters. The highest BCUT2D eigenvalue weighted by Crippen LogP contribution is 2.38. The number of morpholine rings is 1. The Hall–Kier alpha value is -3.63. The van der Waals surface area contributed by atoms with Gasteiger partial charge in [0.1, 0.15) is 0 Å². The number of aromatic carboxylic acids is 1. The topological polar surface area (TPSA) is 127 Å². The van der Waals surface area contributed by atoms with Crippen molar-refractivity contribution in [3.05, 3.63) is 48.3 Å². The zero-order valence-corrected chi connectivity index (χ0v) is 17.2. The lowest BCUT2D eigenvalue weighted by Gasteiger charge is -2.28. The van der Waals surface area contributed by atoms with Crippen molar-refractivity contribution in [1.82, 2.24) is 19.9 Å². The molecule has 3 N–H and O–H groups in total. The minimum Gasteiger partial charge on any atom is -0.478 e. The summed E-state index contributed by atoms with van der Waals surface area (Å²) in [5.74, 6) is 0.623. The molecule has 0 saturated carbocycles. The largest absolute Gasteiger partial charge is 0.478 e. The van der Waals surface area contributed by atoms with Crippen LogP contribution < -0.4 is 10.6 Å². The van der Waals surface area contributed by atoms with Crippen LogP contribution in [-0.4, -0.2) is 57.3 Å². The van der Waals surface area contributed by atoms with Crippen LogP contribution in [0.4, 0.5) is 11.8 Å². The molecule has 0 aliphatic carbocycles. The summed E-state index contributed by atoms with van der Waals surface area (Å²) < 4.78 is 6.47. The second-order valence-electron chi connectivity index (χ2n) is 7.01. The molecule has 1 fully saturated rings. The van der Waals surface area contributed by atoms with Gasteiger partial charge in [0.15, 0.2) is 11.6 Å². The van der Waals surface area contributed by atoms with Gasteiger partial charge < -0.3 is 20.5 Å². The van der Waals surface area contributed by atoms with Crippen LogP contribution in [0.2, 0.25) is 0 Å². The number of nitrogens with zero attached hydrogens (tertiary/aromatic N) is 5. The first-order valence-electron chi connectivity index (χ1n) is 9.64. The molecule has 1 aromatic carbocycles. The van der Waals surface area contributed by atoms with Gasteiger partial charge in [0.25, 0.3) is 0 Å². The average Bonchev–Trinajstić information content (AvgIpc) is 3.24. The molecular formula is C21H18N6O3S. The fourth-order valence-electron chi connectivity index (χ4n) is 3.41. The Balaban J connectivity index is 1.63. The quantitative estimate of drug-likeness (QED) is 0.498. The number of carboxylic acids is 1. The van der Waals surface area contributed by atoms with Crippen LogP contribution >= 0.6 is 11.3 Å². The van der Waals surface area contributed by atoms with Gasteiger partial charge in [-0.3, -0.25) is 0 Å². The smallest absolute Gasteiger partial charge is 0.335 e. The lowest BCUT2D eigenvalue weighted by Crippen LogP contribution is -2.36. The van der Waals surface area contributed by atoms with Gasteiger partial charge in [-0.2, -0.15) is 0 Å². The molecular weight excluding hydrogens is 416 g/mol. The van der Waals surface area contributed by atoms with E-state index in [0.717, 1.165) is 39.6 Å². The molecule has 5 rings (SSSR count). The van der Waals surface area contributed by atoms with Crippen LogP contribution in [0.15, 0.2) is 42.7 Å². The van der Waals surface area contributed by atoms with Gasteiger partial charge in [-0.25, -0.2) is 24.7 Å². The van der Waals surface area contributed by atoms with E-state index in [0.29, 0.717) is 24.6 Å². The van der Waals surface area contributed by atoms with E-state index in [1.54, 1.807) is 35.9 Å². The fraction of sp³-hybridized carbons (Fsp3) is 0.190. The molecule has 0 spiro atoms. The highest BCUT2D eigenvalue weighted by atomic mass is 32.1. The summed E-state index contributed by atoms with van der Waals surface area (Å²) >= 11 is 1.59. The number of anilines is 2. The molecule has 10 heteroatoms. The molecule has 0 amide bonds. The fourth-order valence-corrected chi connectivity index (χ4v) is 4.53. The van der Waals surface area contributed by atoms with Crippen LogP contribution in [0.25, 0.3) is 32.0 Å². The van der Waals surface area contributed by atoms with E-state index in [1.807, 2.05) is 18.2 Å². The number of fused-ring (bicyclic) bond motifs is 1. The molecule has 4 heterocycles. The molecule has 0 atom stereocenters. The first-order chi connectivity index (χ1) is 15.1. The van der Waals surface area contributed by atoms with E-state index in [-0.39, 0.29) is 11.5 Å². The first-order valence-corrected chi connectivity index (χ1v) is 10.5. The van der Waals surface area contributed by atoms with Crippen molar-refractivity contribution in [3.63, 3.8) is 0 Å². The van der Waals surface area contributed by atoms with Gasteiger partial charge in [-0.05, 0) is 23.8 Å². The van der Waals surface area contributed by atoms with Crippen molar-refractivity contribution in [2.75, 3.05) is 36.9 Å². The second-order valence-corrected chi connectivity index (χ2v) is 8.06. The van der Waals surface area contributed by atoms with Crippen LogP contribution in [-0.2, 0) is 4.74 Å². The zero-order chi connectivity index (χ0) is 21.4. The highest BCUT2D eigenvalue weighted by molar-refractivity contribution is 7.22. The van der Waals surface area contributed by atoms with E-state index in [2.05, 4.69) is 14.9 Å². The van der Waals surface area contributed by atoms with Crippen molar-refractivity contribution in [2.24, 2.45) is 0 Å². The molecule has 31 heavy (non-hydrogen) atoms. The number of benzene rings is 1. The summed E-state index contributed by atoms with van der Waals surface area (Å²) in [6.45, 7) is 2.76. The van der Waals surface area contributed by atoms with Gasteiger partial charge in [-0.1, -0.05) is 12.1 Å². The number of carbonyl (C=O) groups is 1. The second kappa shape index (κ2) is 7.89. The number of hydrogen-bond donors (Lipinski definition) is 2. The summed E-state index contributed by atoms with van der Waals surface area (Å²) in [7, 11) is 0. The van der Waals surface area contributed by atoms with Gasteiger partial charge >= 0.3 is 5.97 Å². The average molecular weight is 434 g/mol. The Kier molecular flexibility index (Phi) is 4.92. The monoisotopic (exact) mass is 434 g/mol. The minimum atomic E-state index is -0.946. The predicted molar refractivity (Wildman–Crippen MR) is 118 cm³/mol. The number of hydrogen-bond acceptors (Lipinski definition) is 9. The van der Waals surface area contributed by atoms with Gasteiger partial charge in [0.05, 0.1) is 34.6 Å². The maximum atomic E-state index is 11.2. The van der Waals surface area contributed by atoms with Crippen LogP contribution in [0, 0.1) is 0 Å². The first kappa shape index (κ1) is 19.3. The third-order valence-electron chi connectivity index (χ3n) is 5.01. The molecule has 9 nitrogen and oxygen atoms in total. The minimum absolute atomic E-state index is 0.195. The number of ether oxygens (including phenoxy) is 1. The summed E-state index contributed by atoms with van der Waals surface area (Å²) in [4.78, 5) is 32.0. The Morgan fingerprint density at radius 3 is 2.45 bits per heavy atom. The Morgan fingerprint density at radius 2 is 1.77 bits per heavy atom. The summed E-state index contributed by atoms with van der Waals surface area (Å²) in [5, 5.41) is 9.15. The van der Waals surface area contributed by atoms with Crippen molar-refractivity contribution in [1.29, 1.82) is 0 Å². The molecule has 0 radical (unpaired) electrons. The lowest BCUT2D eigenvalue weighted by molar-refractivity contribution is 0.0697. The van der Waals surface area contributed by atoms with Crippen LogP contribution in [0.5, 0.6) is 0 Å². The maximum Gasteiger partial charge on any atom is 0.335 e.